The first-order chi connectivity index (χ1) is 16.6. The lowest BCUT2D eigenvalue weighted by Gasteiger charge is -2.40. The number of aromatic amines is 1. The Morgan fingerprint density at radius 1 is 1.17 bits per heavy atom. The second-order valence-corrected chi connectivity index (χ2v) is 8.27. The highest BCUT2D eigenvalue weighted by molar-refractivity contribution is 5.93. The fraction of sp³-hybridized carbons (Fsp3) is 0.292. The average molecular weight is 490 g/mol. The van der Waals surface area contributed by atoms with Crippen molar-refractivity contribution in [3.8, 4) is 11.5 Å². The number of amides is 1. The van der Waals surface area contributed by atoms with Crippen LogP contribution < -0.4 is 15.6 Å². The average Bonchev–Trinajstić information content (AvgIpc) is 2.83. The third kappa shape index (κ3) is 5.68. The Balaban J connectivity index is 1.38. The van der Waals surface area contributed by atoms with E-state index in [0.29, 0.717) is 5.56 Å². The summed E-state index contributed by atoms with van der Waals surface area (Å²) in [5, 5.41) is 2.64. The van der Waals surface area contributed by atoms with Crippen LogP contribution in [0, 0.1) is 11.6 Å². The van der Waals surface area contributed by atoms with E-state index in [0.717, 1.165) is 12.1 Å². The molecular weight excluding hydrogens is 468 g/mol. The van der Waals surface area contributed by atoms with Crippen LogP contribution in [0.2, 0.25) is 0 Å². The second kappa shape index (κ2) is 9.87. The number of pyridine rings is 2. The number of nitrogens with zero attached hydrogens (tertiary/aromatic N) is 2. The number of ether oxygens (including phenoxy) is 1. The number of benzene rings is 1. The van der Waals surface area contributed by atoms with Gasteiger partial charge in [-0.15, -0.1) is 0 Å². The lowest BCUT2D eigenvalue weighted by molar-refractivity contribution is -0.125. The molecule has 0 radical (unpaired) electrons. The zero-order valence-electron chi connectivity index (χ0n) is 18.6. The van der Waals surface area contributed by atoms with Crippen molar-refractivity contribution in [3.05, 3.63) is 82.4 Å². The molecule has 184 valence electrons. The van der Waals surface area contributed by atoms with Gasteiger partial charge < -0.3 is 15.0 Å². The number of hydrogen-bond donors (Lipinski definition) is 2. The number of carbonyl (C=O) groups is 1. The number of anilines is 1. The minimum Gasteiger partial charge on any atom is -0.456 e. The molecule has 2 unspecified atom stereocenters. The molecule has 4 rings (SSSR count). The molecule has 3 heterocycles. The van der Waals surface area contributed by atoms with Gasteiger partial charge in [0.2, 0.25) is 11.5 Å². The van der Waals surface area contributed by atoms with E-state index in [1.165, 1.54) is 42.7 Å². The van der Waals surface area contributed by atoms with Gasteiger partial charge in [-0.1, -0.05) is 6.07 Å². The first-order valence-corrected chi connectivity index (χ1v) is 10.8. The monoisotopic (exact) mass is 490 g/mol. The van der Waals surface area contributed by atoms with Crippen LogP contribution in [0.4, 0.5) is 23.4 Å². The lowest BCUT2D eigenvalue weighted by Crippen LogP contribution is -2.52. The summed E-state index contributed by atoms with van der Waals surface area (Å²) in [6, 6.07) is 7.90. The van der Waals surface area contributed by atoms with E-state index in [9.17, 15) is 27.2 Å². The summed E-state index contributed by atoms with van der Waals surface area (Å²) >= 11 is 0. The molecule has 7 nitrogen and oxygen atoms in total. The number of halogens is 4. The Morgan fingerprint density at radius 2 is 1.94 bits per heavy atom. The maximum Gasteiger partial charge on any atom is 0.257 e. The maximum atomic E-state index is 14.6. The molecule has 0 bridgehead atoms. The van der Waals surface area contributed by atoms with E-state index in [1.807, 2.05) is 0 Å². The molecule has 2 atom stereocenters. The number of nitrogens with one attached hydrogen (secondary N) is 2. The predicted octanol–water partition coefficient (Wildman–Crippen LogP) is 4.29. The van der Waals surface area contributed by atoms with Crippen LogP contribution in [-0.2, 0) is 4.79 Å². The molecule has 35 heavy (non-hydrogen) atoms. The third-order valence-electron chi connectivity index (χ3n) is 5.91. The number of alkyl halides is 2. The van der Waals surface area contributed by atoms with Crippen LogP contribution in [0.25, 0.3) is 0 Å². The fourth-order valence-electron chi connectivity index (χ4n) is 3.85. The second-order valence-electron chi connectivity index (χ2n) is 8.27. The quantitative estimate of drug-likeness (QED) is 0.504. The minimum absolute atomic E-state index is 0.0237. The fourth-order valence-corrected chi connectivity index (χ4v) is 3.85. The highest BCUT2D eigenvalue weighted by atomic mass is 19.3. The molecule has 2 N–H and O–H groups in total. The Labute approximate surface area is 197 Å². The lowest BCUT2D eigenvalue weighted by atomic mass is 9.87. The van der Waals surface area contributed by atoms with Crippen LogP contribution >= 0.6 is 0 Å². The Morgan fingerprint density at radius 3 is 2.60 bits per heavy atom. The van der Waals surface area contributed by atoms with Crippen LogP contribution in [0.3, 0.4) is 0 Å². The van der Waals surface area contributed by atoms with Crippen molar-refractivity contribution < 1.29 is 27.1 Å². The zero-order valence-corrected chi connectivity index (χ0v) is 18.6. The number of likely N-dealkylation sites (tertiary alicyclic amines) is 1. The summed E-state index contributed by atoms with van der Waals surface area (Å²) in [6.45, 7) is 1.57. The van der Waals surface area contributed by atoms with Crippen LogP contribution in [0.15, 0.2) is 59.7 Å². The van der Waals surface area contributed by atoms with E-state index in [4.69, 9.17) is 4.74 Å². The molecule has 1 aromatic carbocycles. The Kier molecular flexibility index (Phi) is 6.88. The highest BCUT2D eigenvalue weighted by Gasteiger charge is 2.46. The third-order valence-corrected chi connectivity index (χ3v) is 5.91. The van der Waals surface area contributed by atoms with Crippen molar-refractivity contribution in [1.82, 2.24) is 14.9 Å². The minimum atomic E-state index is -2.98. The van der Waals surface area contributed by atoms with Crippen molar-refractivity contribution in [2.75, 3.05) is 18.4 Å². The summed E-state index contributed by atoms with van der Waals surface area (Å²) in [7, 11) is 0. The van der Waals surface area contributed by atoms with Crippen molar-refractivity contribution >= 4 is 11.7 Å². The van der Waals surface area contributed by atoms with Gasteiger partial charge in [0.1, 0.15) is 17.3 Å². The first-order valence-electron chi connectivity index (χ1n) is 10.8. The highest BCUT2D eigenvalue weighted by Crippen LogP contribution is 2.40. The largest absolute Gasteiger partial charge is 0.456 e. The zero-order chi connectivity index (χ0) is 25.2. The van der Waals surface area contributed by atoms with Crippen molar-refractivity contribution in [2.45, 2.75) is 31.2 Å². The maximum absolute atomic E-state index is 14.6. The Bertz CT molecular complexity index is 1250. The van der Waals surface area contributed by atoms with Gasteiger partial charge in [0.25, 0.3) is 5.92 Å². The van der Waals surface area contributed by atoms with Crippen LogP contribution in [-0.4, -0.2) is 45.8 Å². The van der Waals surface area contributed by atoms with E-state index in [1.54, 1.807) is 11.8 Å². The molecule has 1 fully saturated rings. The number of aromatic nitrogens is 2. The summed E-state index contributed by atoms with van der Waals surface area (Å²) in [6.07, 6.45) is 2.15. The summed E-state index contributed by atoms with van der Waals surface area (Å²) in [5.41, 5.74) is -0.0866. The molecule has 11 heteroatoms. The van der Waals surface area contributed by atoms with Gasteiger partial charge in [-0.05, 0) is 36.8 Å². The van der Waals surface area contributed by atoms with E-state index >= 15 is 0 Å². The van der Waals surface area contributed by atoms with E-state index < -0.39 is 41.8 Å². The predicted molar refractivity (Wildman–Crippen MR) is 120 cm³/mol. The van der Waals surface area contributed by atoms with Gasteiger partial charge in [0.05, 0.1) is 18.2 Å². The molecular formula is C24H22F4N4O3. The summed E-state index contributed by atoms with van der Waals surface area (Å²) in [5.74, 6) is -6.10. The van der Waals surface area contributed by atoms with Gasteiger partial charge >= 0.3 is 0 Å². The number of piperidine rings is 1. The van der Waals surface area contributed by atoms with E-state index in [-0.39, 0.29) is 36.0 Å². The summed E-state index contributed by atoms with van der Waals surface area (Å²) in [4.78, 5) is 32.2. The van der Waals surface area contributed by atoms with Gasteiger partial charge in [0.15, 0.2) is 11.6 Å². The normalized spacial score (nSPS) is 18.6. The summed E-state index contributed by atoms with van der Waals surface area (Å²) < 4.78 is 61.0. The number of carbonyl (C=O) groups excluding carboxylic acids is 1. The van der Waals surface area contributed by atoms with Crippen LogP contribution in [0.5, 0.6) is 11.5 Å². The van der Waals surface area contributed by atoms with Crippen molar-refractivity contribution in [1.29, 1.82) is 0 Å². The molecule has 1 saturated heterocycles. The molecule has 2 aromatic heterocycles. The topological polar surface area (TPSA) is 87.3 Å². The molecule has 1 amide bonds. The number of H-pyrrole nitrogens is 1. The number of rotatable bonds is 6. The molecule has 0 spiro atoms. The SMILES string of the molecule is CC(C(=O)Nc1ccc(Oc2ccc(F)c(F)c2)cn1)N1CCC(F)(F)C(c2ccc(=O)[nH]c2)C1. The molecule has 0 saturated carbocycles. The molecule has 1 aliphatic rings. The van der Waals surface area contributed by atoms with Gasteiger partial charge in [0, 0.05) is 37.8 Å². The van der Waals surface area contributed by atoms with Gasteiger partial charge in [-0.3, -0.25) is 14.5 Å². The van der Waals surface area contributed by atoms with Gasteiger partial charge in [-0.2, -0.15) is 0 Å². The molecule has 1 aliphatic heterocycles. The number of hydrogen-bond acceptors (Lipinski definition) is 5. The standard InChI is InChI=1S/C24H22F4N4O3/c1-14(32-9-8-24(27,28)18(13-32)15-2-7-22(33)30-11-15)23(34)31-21-6-4-17(12-29-21)35-16-3-5-19(25)20(26)10-16/h2-7,10-12,14,18H,8-9,13H2,1H3,(H,30,33)(H,29,31,34). The van der Waals surface area contributed by atoms with Crippen molar-refractivity contribution in [3.63, 3.8) is 0 Å². The first kappa shape index (κ1) is 24.4. The smallest absolute Gasteiger partial charge is 0.257 e. The molecule has 0 aliphatic carbocycles. The molecule has 3 aromatic rings. The van der Waals surface area contributed by atoms with E-state index in [2.05, 4.69) is 15.3 Å². The van der Waals surface area contributed by atoms with Crippen LogP contribution in [0.1, 0.15) is 24.8 Å². The Hall–Kier alpha value is -3.73. The van der Waals surface area contributed by atoms with Crippen molar-refractivity contribution in [2.24, 2.45) is 0 Å². The van der Waals surface area contributed by atoms with Gasteiger partial charge in [-0.25, -0.2) is 22.5 Å².